The Morgan fingerprint density at radius 3 is 2.47 bits per heavy atom. The van der Waals surface area contributed by atoms with E-state index in [4.69, 9.17) is 4.98 Å². The van der Waals surface area contributed by atoms with Crippen LogP contribution < -0.4 is 0 Å². The van der Waals surface area contributed by atoms with E-state index in [-0.39, 0.29) is 6.61 Å². The number of nitrogens with zero attached hydrogens (tertiary/aromatic N) is 1. The molecule has 1 aromatic carbocycles. The van der Waals surface area contributed by atoms with Crippen LogP contribution in [0.15, 0.2) is 18.2 Å². The third-order valence-electron chi connectivity index (χ3n) is 3.12. The monoisotopic (exact) mass is 229 g/mol. The van der Waals surface area contributed by atoms with Gasteiger partial charge in [-0.05, 0) is 43.0 Å². The number of hydrogen-bond acceptors (Lipinski definition) is 2. The Morgan fingerprint density at radius 1 is 1.18 bits per heavy atom. The third kappa shape index (κ3) is 2.18. The Morgan fingerprint density at radius 2 is 1.88 bits per heavy atom. The van der Waals surface area contributed by atoms with Gasteiger partial charge >= 0.3 is 0 Å². The van der Waals surface area contributed by atoms with Crippen molar-refractivity contribution in [2.75, 3.05) is 0 Å². The molecule has 1 aromatic heterocycles. The van der Waals surface area contributed by atoms with E-state index in [1.807, 2.05) is 6.07 Å². The second-order valence-corrected chi connectivity index (χ2v) is 5.00. The van der Waals surface area contributed by atoms with Gasteiger partial charge < -0.3 is 5.11 Å². The fraction of sp³-hybridized carbons (Fsp3) is 0.400. The van der Waals surface area contributed by atoms with E-state index in [1.165, 1.54) is 11.1 Å². The van der Waals surface area contributed by atoms with Crippen LogP contribution >= 0.6 is 0 Å². The molecule has 0 aliphatic rings. The predicted molar refractivity (Wildman–Crippen MR) is 71.2 cm³/mol. The summed E-state index contributed by atoms with van der Waals surface area (Å²) in [5.74, 6) is 0.380. The average Bonchev–Trinajstić information content (AvgIpc) is 2.27. The van der Waals surface area contributed by atoms with Gasteiger partial charge in [-0.25, -0.2) is 0 Å². The summed E-state index contributed by atoms with van der Waals surface area (Å²) in [5.41, 5.74) is 5.44. The lowest BCUT2D eigenvalue weighted by molar-refractivity contribution is 0.283. The number of benzene rings is 1. The molecule has 2 nitrogen and oxygen atoms in total. The molecule has 0 unspecified atom stereocenters. The van der Waals surface area contributed by atoms with Crippen LogP contribution in [0.4, 0.5) is 0 Å². The van der Waals surface area contributed by atoms with Crippen molar-refractivity contribution in [2.45, 2.75) is 40.2 Å². The third-order valence-corrected chi connectivity index (χ3v) is 3.12. The molecular formula is C15H19NO. The molecule has 0 amide bonds. The minimum absolute atomic E-state index is 0.0711. The Labute approximate surface area is 102 Å². The normalized spacial score (nSPS) is 11.4. The topological polar surface area (TPSA) is 33.1 Å². The maximum absolute atomic E-state index is 9.50. The van der Waals surface area contributed by atoms with Crippen LogP contribution in [-0.2, 0) is 6.61 Å². The van der Waals surface area contributed by atoms with E-state index in [1.54, 1.807) is 0 Å². The minimum Gasteiger partial charge on any atom is -0.392 e. The lowest BCUT2D eigenvalue weighted by Gasteiger charge is -2.12. The average molecular weight is 229 g/mol. The first-order valence-corrected chi connectivity index (χ1v) is 6.04. The quantitative estimate of drug-likeness (QED) is 0.855. The molecule has 0 aliphatic carbocycles. The Balaban J connectivity index is 2.82. The van der Waals surface area contributed by atoms with Crippen LogP contribution in [0.1, 0.15) is 42.1 Å². The van der Waals surface area contributed by atoms with Crippen LogP contribution in [0, 0.1) is 13.8 Å². The largest absolute Gasteiger partial charge is 0.392 e. The van der Waals surface area contributed by atoms with Crippen LogP contribution in [-0.4, -0.2) is 10.1 Å². The zero-order chi connectivity index (χ0) is 12.6. The van der Waals surface area contributed by atoms with Gasteiger partial charge in [-0.1, -0.05) is 25.5 Å². The lowest BCUT2D eigenvalue weighted by Crippen LogP contribution is -1.99. The van der Waals surface area contributed by atoms with Crippen molar-refractivity contribution >= 4 is 10.9 Å². The Hall–Kier alpha value is -1.41. The van der Waals surface area contributed by atoms with Gasteiger partial charge in [0, 0.05) is 11.1 Å². The smallest absolute Gasteiger partial charge is 0.0738 e. The molecule has 0 bridgehead atoms. The lowest BCUT2D eigenvalue weighted by atomic mass is 9.99. The molecule has 0 aliphatic heterocycles. The van der Waals surface area contributed by atoms with Gasteiger partial charge in [-0.15, -0.1) is 0 Å². The number of rotatable bonds is 2. The van der Waals surface area contributed by atoms with Gasteiger partial charge in [0.15, 0.2) is 0 Å². The van der Waals surface area contributed by atoms with Crippen molar-refractivity contribution in [3.05, 3.63) is 40.6 Å². The molecule has 1 N–H and O–H groups in total. The summed E-state index contributed by atoms with van der Waals surface area (Å²) in [4.78, 5) is 4.71. The maximum atomic E-state index is 9.50. The number of pyridine rings is 1. The van der Waals surface area contributed by atoms with Gasteiger partial charge in [0.25, 0.3) is 0 Å². The van der Waals surface area contributed by atoms with Gasteiger partial charge in [0.1, 0.15) is 0 Å². The van der Waals surface area contributed by atoms with Crippen molar-refractivity contribution in [1.82, 2.24) is 4.98 Å². The van der Waals surface area contributed by atoms with Crippen LogP contribution in [0.25, 0.3) is 10.9 Å². The fourth-order valence-corrected chi connectivity index (χ4v) is 2.20. The number of fused-ring (bicyclic) bond motifs is 1. The summed E-state index contributed by atoms with van der Waals surface area (Å²) in [6.07, 6.45) is 0. The molecule has 1 heterocycles. The van der Waals surface area contributed by atoms with E-state index in [0.717, 1.165) is 22.2 Å². The first-order chi connectivity index (χ1) is 8.02. The number of aliphatic hydroxyl groups is 1. The van der Waals surface area contributed by atoms with Gasteiger partial charge in [-0.2, -0.15) is 0 Å². The van der Waals surface area contributed by atoms with E-state index < -0.39 is 0 Å². The first kappa shape index (κ1) is 12.1. The van der Waals surface area contributed by atoms with Gasteiger partial charge in [0.05, 0.1) is 12.1 Å². The van der Waals surface area contributed by atoms with Crippen molar-refractivity contribution in [3.63, 3.8) is 0 Å². The molecule has 2 rings (SSSR count). The highest BCUT2D eigenvalue weighted by atomic mass is 16.3. The molecule has 0 saturated heterocycles. The summed E-state index contributed by atoms with van der Waals surface area (Å²) >= 11 is 0. The van der Waals surface area contributed by atoms with Crippen molar-refractivity contribution in [3.8, 4) is 0 Å². The second-order valence-electron chi connectivity index (χ2n) is 5.00. The molecule has 0 atom stereocenters. The number of aromatic nitrogens is 1. The zero-order valence-corrected chi connectivity index (χ0v) is 10.9. The Kier molecular flexibility index (Phi) is 3.16. The number of aryl methyl sites for hydroxylation is 2. The van der Waals surface area contributed by atoms with Gasteiger partial charge in [0.2, 0.25) is 0 Å². The molecular weight excluding hydrogens is 210 g/mol. The molecule has 90 valence electrons. The molecule has 2 aromatic rings. The summed E-state index contributed by atoms with van der Waals surface area (Å²) in [6, 6.07) is 6.26. The van der Waals surface area contributed by atoms with Crippen LogP contribution in [0.5, 0.6) is 0 Å². The highest BCUT2D eigenvalue weighted by molar-refractivity contribution is 5.86. The van der Waals surface area contributed by atoms with Crippen molar-refractivity contribution < 1.29 is 5.11 Å². The summed E-state index contributed by atoms with van der Waals surface area (Å²) in [5, 5.41) is 10.6. The van der Waals surface area contributed by atoms with E-state index in [0.29, 0.717) is 5.92 Å². The van der Waals surface area contributed by atoms with Crippen LogP contribution in [0.2, 0.25) is 0 Å². The van der Waals surface area contributed by atoms with Crippen molar-refractivity contribution in [1.29, 1.82) is 0 Å². The predicted octanol–water partition coefficient (Wildman–Crippen LogP) is 3.47. The summed E-state index contributed by atoms with van der Waals surface area (Å²) in [6.45, 7) is 8.47. The molecule has 0 spiro atoms. The fourth-order valence-electron chi connectivity index (χ4n) is 2.20. The molecule has 0 radical (unpaired) electrons. The molecule has 17 heavy (non-hydrogen) atoms. The van der Waals surface area contributed by atoms with Crippen LogP contribution in [0.3, 0.4) is 0 Å². The second kappa shape index (κ2) is 4.46. The molecule has 0 saturated carbocycles. The maximum Gasteiger partial charge on any atom is 0.0738 e. The SMILES string of the molecule is Cc1cc(C)c2nc(C(C)C)cc(CO)c2c1. The highest BCUT2D eigenvalue weighted by Gasteiger charge is 2.10. The van der Waals surface area contributed by atoms with E-state index in [9.17, 15) is 5.11 Å². The van der Waals surface area contributed by atoms with E-state index in [2.05, 4.69) is 39.8 Å². The zero-order valence-electron chi connectivity index (χ0n) is 10.9. The van der Waals surface area contributed by atoms with E-state index >= 15 is 0 Å². The summed E-state index contributed by atoms with van der Waals surface area (Å²) in [7, 11) is 0. The standard InChI is InChI=1S/C15H19NO/c1-9(2)14-7-12(8-17)13-6-10(3)5-11(4)15(13)16-14/h5-7,9,17H,8H2,1-4H3. The molecule has 2 heteroatoms. The first-order valence-electron chi connectivity index (χ1n) is 6.04. The highest BCUT2D eigenvalue weighted by Crippen LogP contribution is 2.26. The summed E-state index contributed by atoms with van der Waals surface area (Å²) < 4.78 is 0. The van der Waals surface area contributed by atoms with Gasteiger partial charge in [-0.3, -0.25) is 4.98 Å². The minimum atomic E-state index is 0.0711. The number of hydrogen-bond donors (Lipinski definition) is 1. The van der Waals surface area contributed by atoms with Crippen molar-refractivity contribution in [2.24, 2.45) is 0 Å². The Bertz CT molecular complexity index is 558. The molecule has 0 fully saturated rings. The number of aliphatic hydroxyl groups excluding tert-OH is 1.